The Morgan fingerprint density at radius 3 is 2.60 bits per heavy atom. The van der Waals surface area contributed by atoms with Crippen LogP contribution in [0.2, 0.25) is 5.02 Å². The summed E-state index contributed by atoms with van der Waals surface area (Å²) >= 11 is 6.75. The van der Waals surface area contributed by atoms with Crippen LogP contribution in [0.25, 0.3) is 22.6 Å². The molecule has 0 spiro atoms. The van der Waals surface area contributed by atoms with Crippen molar-refractivity contribution in [2.75, 3.05) is 29.5 Å². The fourth-order valence-corrected chi connectivity index (χ4v) is 6.11. The monoisotopic (exact) mass is 603 g/mol. The van der Waals surface area contributed by atoms with E-state index in [4.69, 9.17) is 40.8 Å². The van der Waals surface area contributed by atoms with Crippen LogP contribution in [0.15, 0.2) is 28.9 Å². The Balaban J connectivity index is 1.39. The van der Waals surface area contributed by atoms with Gasteiger partial charge in [-0.3, -0.25) is 0 Å². The van der Waals surface area contributed by atoms with Gasteiger partial charge in [0.1, 0.15) is 23.9 Å². The molecule has 1 fully saturated rings. The molecule has 2 aliphatic heterocycles. The van der Waals surface area contributed by atoms with Gasteiger partial charge in [-0.05, 0) is 64.7 Å². The SMILES string of the molecule is CCC[C@@H](O)COc1ccc(Cl)c(-c2nc(-c3c(C)noc3C)c(C)c(N3Cc4cnc(N5CCCCC5)nc4C3)n2)c1. The molecule has 0 aliphatic carbocycles. The maximum absolute atomic E-state index is 10.2. The van der Waals surface area contributed by atoms with E-state index >= 15 is 0 Å². The number of aryl methyl sites for hydroxylation is 2. The van der Waals surface area contributed by atoms with Gasteiger partial charge in [0, 0.05) is 42.5 Å². The number of halogens is 1. The van der Waals surface area contributed by atoms with Gasteiger partial charge < -0.3 is 24.2 Å². The normalized spacial score (nSPS) is 15.6. The van der Waals surface area contributed by atoms with Crippen molar-refractivity contribution in [3.8, 4) is 28.4 Å². The van der Waals surface area contributed by atoms with Gasteiger partial charge in [-0.15, -0.1) is 0 Å². The number of aromatic nitrogens is 5. The number of aliphatic hydroxyl groups excluding tert-OH is 1. The lowest BCUT2D eigenvalue weighted by molar-refractivity contribution is 0.0994. The molecule has 0 bridgehead atoms. The third-order valence-electron chi connectivity index (χ3n) is 8.22. The van der Waals surface area contributed by atoms with Crippen LogP contribution in [-0.4, -0.2) is 56.0 Å². The highest BCUT2D eigenvalue weighted by Gasteiger charge is 2.29. The molecule has 1 aromatic carbocycles. The smallest absolute Gasteiger partial charge is 0.225 e. The number of anilines is 2. The van der Waals surface area contributed by atoms with Gasteiger partial charge in [0.2, 0.25) is 5.95 Å². The minimum Gasteiger partial charge on any atom is -0.491 e. The van der Waals surface area contributed by atoms with Crippen molar-refractivity contribution in [3.05, 3.63) is 57.7 Å². The zero-order valence-corrected chi connectivity index (χ0v) is 26.0. The topological polar surface area (TPSA) is 114 Å². The van der Waals surface area contributed by atoms with E-state index in [2.05, 4.69) is 15.0 Å². The Morgan fingerprint density at radius 1 is 1.05 bits per heavy atom. The fourth-order valence-electron chi connectivity index (χ4n) is 5.91. The Kier molecular flexibility index (Phi) is 8.50. The molecule has 5 heterocycles. The Bertz CT molecular complexity index is 1600. The van der Waals surface area contributed by atoms with Gasteiger partial charge in [0.05, 0.1) is 40.3 Å². The van der Waals surface area contributed by atoms with Crippen LogP contribution in [-0.2, 0) is 13.1 Å². The molecule has 0 radical (unpaired) electrons. The molecule has 10 nitrogen and oxygen atoms in total. The molecule has 4 aromatic rings. The summed E-state index contributed by atoms with van der Waals surface area (Å²) in [7, 11) is 0. The number of hydrogen-bond acceptors (Lipinski definition) is 10. The second-order valence-electron chi connectivity index (χ2n) is 11.5. The number of hydrogen-bond donors (Lipinski definition) is 1. The highest BCUT2D eigenvalue weighted by Crippen LogP contribution is 2.39. The molecule has 6 rings (SSSR count). The minimum absolute atomic E-state index is 0.200. The first-order valence-electron chi connectivity index (χ1n) is 15.1. The lowest BCUT2D eigenvalue weighted by atomic mass is 10.0. The second kappa shape index (κ2) is 12.5. The summed E-state index contributed by atoms with van der Waals surface area (Å²) in [5.74, 6) is 3.35. The van der Waals surface area contributed by atoms with E-state index < -0.39 is 6.10 Å². The van der Waals surface area contributed by atoms with Gasteiger partial charge in [-0.25, -0.2) is 19.9 Å². The minimum atomic E-state index is -0.534. The maximum atomic E-state index is 10.2. The third kappa shape index (κ3) is 6.03. The average molecular weight is 604 g/mol. The highest BCUT2D eigenvalue weighted by atomic mass is 35.5. The largest absolute Gasteiger partial charge is 0.491 e. The molecule has 0 saturated carbocycles. The molecular weight excluding hydrogens is 566 g/mol. The lowest BCUT2D eigenvalue weighted by Crippen LogP contribution is -2.31. The fraction of sp³-hybridized carbons (Fsp3) is 0.469. The van der Waals surface area contributed by atoms with E-state index in [1.165, 1.54) is 19.3 Å². The van der Waals surface area contributed by atoms with E-state index in [0.29, 0.717) is 47.4 Å². The first-order valence-corrected chi connectivity index (χ1v) is 15.5. The van der Waals surface area contributed by atoms with Crippen molar-refractivity contribution < 1.29 is 14.4 Å². The molecular formula is C32H38ClN7O3. The zero-order chi connectivity index (χ0) is 30.1. The van der Waals surface area contributed by atoms with Gasteiger partial charge in [0.15, 0.2) is 5.82 Å². The predicted molar refractivity (Wildman–Crippen MR) is 167 cm³/mol. The number of nitrogens with zero attached hydrogens (tertiary/aromatic N) is 7. The molecule has 1 N–H and O–H groups in total. The summed E-state index contributed by atoms with van der Waals surface area (Å²) in [6.45, 7) is 11.3. The molecule has 3 aromatic heterocycles. The number of benzene rings is 1. The number of aliphatic hydroxyl groups is 1. The first kappa shape index (κ1) is 29.3. The standard InChI is InChI=1S/C32H38ClN7O3/c1-5-9-23(41)18-42-24-10-11-26(33)25(14-24)30-36-29(28-20(3)38-43-21(28)4)19(2)31(37-30)40-16-22-15-34-32(35-27(22)17-40)39-12-7-6-8-13-39/h10-11,14-15,23,41H,5-9,12-13,16-18H2,1-4H3/t23-/m1/s1. The quantitative estimate of drug-likeness (QED) is 0.236. The summed E-state index contributed by atoms with van der Waals surface area (Å²) < 4.78 is 11.5. The average Bonchev–Trinajstić information content (AvgIpc) is 3.59. The van der Waals surface area contributed by atoms with Gasteiger partial charge in [-0.1, -0.05) is 30.1 Å². The van der Waals surface area contributed by atoms with E-state index in [1.54, 1.807) is 12.1 Å². The predicted octanol–water partition coefficient (Wildman–Crippen LogP) is 6.22. The molecule has 226 valence electrons. The van der Waals surface area contributed by atoms with Crippen molar-refractivity contribution in [2.45, 2.75) is 79.0 Å². The van der Waals surface area contributed by atoms with Crippen LogP contribution >= 0.6 is 11.6 Å². The van der Waals surface area contributed by atoms with Crippen molar-refractivity contribution in [2.24, 2.45) is 0 Å². The molecule has 2 aliphatic rings. The van der Waals surface area contributed by atoms with Crippen LogP contribution in [0, 0.1) is 20.8 Å². The number of ether oxygens (including phenoxy) is 1. The van der Waals surface area contributed by atoms with E-state index in [0.717, 1.165) is 65.0 Å². The number of fused-ring (bicyclic) bond motifs is 1. The number of rotatable bonds is 9. The first-order chi connectivity index (χ1) is 20.8. The molecule has 0 amide bonds. The van der Waals surface area contributed by atoms with Crippen LogP contribution in [0.3, 0.4) is 0 Å². The van der Waals surface area contributed by atoms with Crippen LogP contribution < -0.4 is 14.5 Å². The summed E-state index contributed by atoms with van der Waals surface area (Å²) in [6.07, 6.45) is 6.59. The summed E-state index contributed by atoms with van der Waals surface area (Å²) in [5.41, 5.74) is 6.02. The van der Waals surface area contributed by atoms with E-state index in [9.17, 15) is 5.11 Å². The molecule has 1 atom stereocenters. The van der Waals surface area contributed by atoms with Crippen molar-refractivity contribution in [1.82, 2.24) is 25.1 Å². The van der Waals surface area contributed by atoms with Gasteiger partial charge >= 0.3 is 0 Å². The summed E-state index contributed by atoms with van der Waals surface area (Å²) in [6, 6.07) is 5.41. The Morgan fingerprint density at radius 2 is 1.86 bits per heavy atom. The zero-order valence-electron chi connectivity index (χ0n) is 25.2. The maximum Gasteiger partial charge on any atom is 0.225 e. The van der Waals surface area contributed by atoms with Crippen LogP contribution in [0.5, 0.6) is 5.75 Å². The Labute approximate surface area is 257 Å². The van der Waals surface area contributed by atoms with Crippen molar-refractivity contribution >= 4 is 23.4 Å². The van der Waals surface area contributed by atoms with Crippen molar-refractivity contribution in [1.29, 1.82) is 0 Å². The second-order valence-corrected chi connectivity index (χ2v) is 11.9. The van der Waals surface area contributed by atoms with Crippen LogP contribution in [0.4, 0.5) is 11.8 Å². The molecule has 1 saturated heterocycles. The third-order valence-corrected chi connectivity index (χ3v) is 8.54. The van der Waals surface area contributed by atoms with Gasteiger partial charge in [-0.2, -0.15) is 0 Å². The Hall–Kier alpha value is -3.76. The molecule has 0 unspecified atom stereocenters. The summed E-state index contributed by atoms with van der Waals surface area (Å²) in [5, 5.41) is 14.9. The van der Waals surface area contributed by atoms with Crippen molar-refractivity contribution in [3.63, 3.8) is 0 Å². The van der Waals surface area contributed by atoms with Crippen LogP contribution in [0.1, 0.15) is 67.3 Å². The molecule has 11 heteroatoms. The number of piperidine rings is 1. The van der Waals surface area contributed by atoms with Gasteiger partial charge in [0.25, 0.3) is 0 Å². The van der Waals surface area contributed by atoms with E-state index in [-0.39, 0.29) is 6.61 Å². The lowest BCUT2D eigenvalue weighted by Gasteiger charge is -2.26. The highest BCUT2D eigenvalue weighted by molar-refractivity contribution is 6.33. The van der Waals surface area contributed by atoms with E-state index in [1.807, 2.05) is 40.0 Å². The molecule has 43 heavy (non-hydrogen) atoms. The summed E-state index contributed by atoms with van der Waals surface area (Å²) in [4.78, 5) is 24.3.